The number of benzene rings is 2. The number of amides is 1. The lowest BCUT2D eigenvalue weighted by Gasteiger charge is -2.19. The first-order chi connectivity index (χ1) is 15.8. The van der Waals surface area contributed by atoms with Gasteiger partial charge < -0.3 is 29.3 Å². The first kappa shape index (κ1) is 26.3. The summed E-state index contributed by atoms with van der Waals surface area (Å²) in [5.41, 5.74) is 1.05. The zero-order chi connectivity index (χ0) is 24.1. The molecule has 11 heteroatoms. The molecule has 0 aliphatic carbocycles. The normalized spacial score (nSPS) is 13.4. The molecule has 180 valence electrons. The molecule has 1 unspecified atom stereocenters. The Kier molecular flexibility index (Phi) is 10.9. The second-order valence-electron chi connectivity index (χ2n) is 7.00. The Labute approximate surface area is 191 Å². The Hall–Kier alpha value is -2.91. The van der Waals surface area contributed by atoms with Crippen LogP contribution in [0.2, 0.25) is 0 Å². The molecular weight excluding hydrogens is 453 g/mol. The van der Waals surface area contributed by atoms with E-state index in [0.29, 0.717) is 5.75 Å². The third-order valence-corrected chi connectivity index (χ3v) is 6.46. The van der Waals surface area contributed by atoms with Gasteiger partial charge in [0.1, 0.15) is 19.0 Å². The predicted octanol–water partition coefficient (Wildman–Crippen LogP) is 2.53. The lowest BCUT2D eigenvalue weighted by molar-refractivity contribution is -0.144. The van der Waals surface area contributed by atoms with Crippen LogP contribution in [-0.2, 0) is 25.4 Å². The number of ether oxygens (including phenoxy) is 3. The van der Waals surface area contributed by atoms with Crippen molar-refractivity contribution in [2.24, 2.45) is 0 Å². The van der Waals surface area contributed by atoms with Crippen molar-refractivity contribution in [3.63, 3.8) is 0 Å². The van der Waals surface area contributed by atoms with Crippen LogP contribution in [0.4, 0.5) is 4.79 Å². The van der Waals surface area contributed by atoms with Gasteiger partial charge >= 0.3 is 12.1 Å². The zero-order valence-electron chi connectivity index (χ0n) is 18.0. The van der Waals surface area contributed by atoms with Gasteiger partial charge in [0, 0.05) is 12.6 Å². The Bertz CT molecular complexity index is 921. The summed E-state index contributed by atoms with van der Waals surface area (Å²) in [5.74, 6) is -1.83. The van der Waals surface area contributed by atoms with Gasteiger partial charge in [-0.05, 0) is 29.7 Å². The molecule has 10 nitrogen and oxygen atoms in total. The molecule has 0 saturated carbocycles. The van der Waals surface area contributed by atoms with Crippen LogP contribution in [0.1, 0.15) is 29.8 Å². The molecule has 0 radical (unpaired) electrons. The zero-order valence-corrected chi connectivity index (χ0v) is 18.9. The van der Waals surface area contributed by atoms with Crippen LogP contribution in [0.15, 0.2) is 54.6 Å². The van der Waals surface area contributed by atoms with Crippen molar-refractivity contribution < 1.29 is 43.5 Å². The minimum absolute atomic E-state index is 0.0137. The molecular formula is C22H28NO9P. The summed E-state index contributed by atoms with van der Waals surface area (Å²) >= 11 is 0. The lowest BCUT2D eigenvalue weighted by Crippen LogP contribution is -2.28. The van der Waals surface area contributed by atoms with E-state index in [2.05, 4.69) is 5.32 Å². The summed E-state index contributed by atoms with van der Waals surface area (Å²) in [7, 11) is -4.00. The van der Waals surface area contributed by atoms with Gasteiger partial charge in [0.15, 0.2) is 12.6 Å². The van der Waals surface area contributed by atoms with Gasteiger partial charge in [0.2, 0.25) is 7.37 Å². The van der Waals surface area contributed by atoms with E-state index in [1.807, 2.05) is 18.2 Å². The maximum Gasteiger partial charge on any atom is 0.410 e. The highest BCUT2D eigenvalue weighted by molar-refractivity contribution is 7.58. The number of esters is 1. The topological polar surface area (TPSA) is 152 Å². The van der Waals surface area contributed by atoms with Crippen LogP contribution in [-0.4, -0.2) is 53.3 Å². The molecule has 2 atom stereocenters. The molecule has 2 aromatic rings. The number of carbonyl (C=O) groups excluding carboxylic acids is 2. The number of aliphatic hydroxyl groups excluding tert-OH is 2. The quantitative estimate of drug-likeness (QED) is 0.192. The van der Waals surface area contributed by atoms with Gasteiger partial charge in [-0.3, -0.25) is 14.7 Å². The Morgan fingerprint density at radius 3 is 2.39 bits per heavy atom. The maximum atomic E-state index is 12.5. The van der Waals surface area contributed by atoms with Crippen LogP contribution in [0.3, 0.4) is 0 Å². The SMILES string of the molecule is O=C(CCCP(=O)(O)[C@H](O)c1ccc(OCCO)cc1)OCNC(=O)OCc1ccccc1. The molecule has 0 aliphatic heterocycles. The van der Waals surface area contributed by atoms with Gasteiger partial charge in [-0.25, -0.2) is 4.79 Å². The fraction of sp³-hybridized carbons (Fsp3) is 0.364. The van der Waals surface area contributed by atoms with E-state index < -0.39 is 32.0 Å². The standard InChI is InChI=1S/C22H28NO9P/c24-12-13-30-19-10-8-18(9-11-19)21(26)33(28,29)14-4-7-20(25)32-16-23-22(27)31-15-17-5-2-1-3-6-17/h1-3,5-6,8-11,21,24,26H,4,7,12-16H2,(H,23,27)(H,28,29)/t21-/m0/s1. The van der Waals surface area contributed by atoms with Gasteiger partial charge in [-0.2, -0.15) is 0 Å². The number of alkyl carbamates (subject to hydrolysis) is 1. The minimum atomic E-state index is -4.00. The summed E-state index contributed by atoms with van der Waals surface area (Å²) < 4.78 is 27.5. The van der Waals surface area contributed by atoms with Crippen molar-refractivity contribution in [1.29, 1.82) is 0 Å². The first-order valence-electron chi connectivity index (χ1n) is 10.2. The van der Waals surface area contributed by atoms with Crippen molar-refractivity contribution in [1.82, 2.24) is 5.32 Å². The molecule has 0 spiro atoms. The highest BCUT2D eigenvalue weighted by atomic mass is 31.2. The summed E-state index contributed by atoms with van der Waals surface area (Å²) in [6.45, 7) is -0.350. The number of carbonyl (C=O) groups is 2. The second-order valence-corrected chi connectivity index (χ2v) is 9.44. The molecule has 2 rings (SSSR count). The van der Waals surface area contributed by atoms with E-state index in [9.17, 15) is 24.2 Å². The van der Waals surface area contributed by atoms with Gasteiger partial charge in [-0.15, -0.1) is 0 Å². The van der Waals surface area contributed by atoms with Crippen LogP contribution < -0.4 is 10.1 Å². The summed E-state index contributed by atoms with van der Waals surface area (Å²) in [4.78, 5) is 33.5. The Balaban J connectivity index is 1.65. The average Bonchev–Trinajstić information content (AvgIpc) is 2.82. The summed E-state index contributed by atoms with van der Waals surface area (Å²) in [5, 5.41) is 21.3. The highest BCUT2D eigenvalue weighted by Gasteiger charge is 2.30. The molecule has 0 saturated heterocycles. The molecule has 4 N–H and O–H groups in total. The van der Waals surface area contributed by atoms with Gasteiger partial charge in [0.05, 0.1) is 6.61 Å². The predicted molar refractivity (Wildman–Crippen MR) is 119 cm³/mol. The summed E-state index contributed by atoms with van der Waals surface area (Å²) in [6, 6.07) is 15.0. The second kappa shape index (κ2) is 13.6. The molecule has 1 amide bonds. The number of hydrogen-bond acceptors (Lipinski definition) is 8. The van der Waals surface area contributed by atoms with Gasteiger partial charge in [-0.1, -0.05) is 42.5 Å². The molecule has 33 heavy (non-hydrogen) atoms. The summed E-state index contributed by atoms with van der Waals surface area (Å²) in [6.07, 6.45) is -1.19. The van der Waals surface area contributed by atoms with E-state index in [1.165, 1.54) is 24.3 Å². The van der Waals surface area contributed by atoms with Crippen molar-refractivity contribution >= 4 is 19.4 Å². The molecule has 0 heterocycles. The third kappa shape index (κ3) is 9.63. The van der Waals surface area contributed by atoms with Crippen LogP contribution in [0, 0.1) is 0 Å². The first-order valence-corrected chi connectivity index (χ1v) is 12.2. The number of hydrogen-bond donors (Lipinski definition) is 4. The molecule has 0 aliphatic rings. The fourth-order valence-corrected chi connectivity index (χ4v) is 4.22. The third-order valence-electron chi connectivity index (χ3n) is 4.44. The van der Waals surface area contributed by atoms with Crippen molar-refractivity contribution in [3.8, 4) is 5.75 Å². The molecule has 0 aromatic heterocycles. The van der Waals surface area contributed by atoms with Crippen LogP contribution >= 0.6 is 7.37 Å². The van der Waals surface area contributed by atoms with Crippen LogP contribution in [0.25, 0.3) is 0 Å². The van der Waals surface area contributed by atoms with E-state index in [-0.39, 0.29) is 44.4 Å². The Morgan fingerprint density at radius 2 is 1.73 bits per heavy atom. The monoisotopic (exact) mass is 481 g/mol. The molecule has 0 fully saturated rings. The lowest BCUT2D eigenvalue weighted by atomic mass is 10.2. The fourth-order valence-electron chi connectivity index (χ4n) is 2.73. The molecule has 0 bridgehead atoms. The van der Waals surface area contributed by atoms with Crippen LogP contribution in [0.5, 0.6) is 5.75 Å². The van der Waals surface area contributed by atoms with E-state index in [1.54, 1.807) is 12.1 Å². The van der Waals surface area contributed by atoms with Crippen molar-refractivity contribution in [3.05, 3.63) is 65.7 Å². The van der Waals surface area contributed by atoms with E-state index in [0.717, 1.165) is 5.56 Å². The number of aliphatic hydroxyl groups is 2. The number of rotatable bonds is 13. The van der Waals surface area contributed by atoms with Crippen molar-refractivity contribution in [2.75, 3.05) is 26.1 Å². The van der Waals surface area contributed by atoms with E-state index >= 15 is 0 Å². The average molecular weight is 481 g/mol. The smallest absolute Gasteiger partial charge is 0.410 e. The largest absolute Gasteiger partial charge is 0.491 e. The molecule has 2 aromatic carbocycles. The minimum Gasteiger partial charge on any atom is -0.491 e. The van der Waals surface area contributed by atoms with E-state index in [4.69, 9.17) is 19.3 Å². The maximum absolute atomic E-state index is 12.5. The van der Waals surface area contributed by atoms with Crippen molar-refractivity contribution in [2.45, 2.75) is 25.3 Å². The van der Waals surface area contributed by atoms with Gasteiger partial charge in [0.25, 0.3) is 0 Å². The highest BCUT2D eigenvalue weighted by Crippen LogP contribution is 2.54. The Morgan fingerprint density at radius 1 is 1.03 bits per heavy atom. The number of nitrogens with one attached hydrogen (secondary N) is 1.